The molecule has 1 aliphatic heterocycles. The fourth-order valence-electron chi connectivity index (χ4n) is 3.35. The summed E-state index contributed by atoms with van der Waals surface area (Å²) in [5.74, 6) is 1.61. The maximum Gasteiger partial charge on any atom is 0.225 e. The number of likely N-dealkylation sites (tertiary alicyclic amines) is 1. The summed E-state index contributed by atoms with van der Waals surface area (Å²) in [7, 11) is 0. The zero-order chi connectivity index (χ0) is 12.4. The highest BCUT2D eigenvalue weighted by atomic mass is 16.3. The molecule has 0 bridgehead atoms. The molecule has 3 atom stereocenters. The molecule has 1 amide bonds. The van der Waals surface area contributed by atoms with E-state index in [2.05, 4.69) is 6.92 Å². The van der Waals surface area contributed by atoms with E-state index >= 15 is 0 Å². The highest BCUT2D eigenvalue weighted by Crippen LogP contribution is 2.33. The van der Waals surface area contributed by atoms with Crippen molar-refractivity contribution >= 4 is 5.91 Å². The molecular weight excluding hydrogens is 214 g/mol. The van der Waals surface area contributed by atoms with E-state index < -0.39 is 0 Å². The van der Waals surface area contributed by atoms with Gasteiger partial charge in [-0.25, -0.2) is 0 Å². The number of piperidine rings is 1. The quantitative estimate of drug-likeness (QED) is 0.801. The predicted molar refractivity (Wildman–Crippen MR) is 67.5 cm³/mol. The van der Waals surface area contributed by atoms with Crippen LogP contribution in [0, 0.1) is 17.8 Å². The molecule has 1 saturated heterocycles. The summed E-state index contributed by atoms with van der Waals surface area (Å²) in [4.78, 5) is 14.4. The first kappa shape index (κ1) is 12.9. The molecular formula is C14H25NO2. The van der Waals surface area contributed by atoms with Crippen LogP contribution in [0.1, 0.15) is 46.0 Å². The molecule has 1 N–H and O–H groups in total. The van der Waals surface area contributed by atoms with Gasteiger partial charge in [-0.15, -0.1) is 0 Å². The van der Waals surface area contributed by atoms with E-state index in [1.807, 2.05) is 11.8 Å². The van der Waals surface area contributed by atoms with Crippen molar-refractivity contribution < 1.29 is 9.90 Å². The van der Waals surface area contributed by atoms with Crippen LogP contribution in [-0.2, 0) is 4.79 Å². The minimum atomic E-state index is -0.224. The number of aliphatic hydroxyl groups is 1. The molecule has 1 saturated carbocycles. The zero-order valence-corrected chi connectivity index (χ0v) is 11.1. The molecule has 0 radical (unpaired) electrons. The molecule has 0 spiro atoms. The summed E-state index contributed by atoms with van der Waals surface area (Å²) in [6.45, 7) is 5.76. The van der Waals surface area contributed by atoms with Crippen molar-refractivity contribution in [1.29, 1.82) is 0 Å². The number of carbonyl (C=O) groups excluding carboxylic acids is 1. The van der Waals surface area contributed by atoms with Crippen LogP contribution in [0.4, 0.5) is 0 Å². The number of carbonyl (C=O) groups is 1. The second-order valence-electron chi connectivity index (χ2n) is 5.92. The van der Waals surface area contributed by atoms with Gasteiger partial charge in [-0.05, 0) is 44.4 Å². The third kappa shape index (κ3) is 2.82. The minimum absolute atomic E-state index is 0.224. The van der Waals surface area contributed by atoms with Gasteiger partial charge in [0.15, 0.2) is 0 Å². The van der Waals surface area contributed by atoms with E-state index in [1.165, 1.54) is 12.8 Å². The highest BCUT2D eigenvalue weighted by molar-refractivity contribution is 5.79. The Bertz CT molecular complexity index is 269. The molecule has 0 aromatic heterocycles. The molecule has 1 aliphatic carbocycles. The lowest BCUT2D eigenvalue weighted by molar-refractivity contribution is -0.138. The van der Waals surface area contributed by atoms with Crippen LogP contribution in [-0.4, -0.2) is 35.1 Å². The molecule has 98 valence electrons. The Hall–Kier alpha value is -0.570. The Kier molecular flexibility index (Phi) is 4.08. The molecule has 1 heterocycles. The van der Waals surface area contributed by atoms with Crippen molar-refractivity contribution in [1.82, 2.24) is 4.90 Å². The molecule has 3 nitrogen and oxygen atoms in total. The molecule has 2 fully saturated rings. The van der Waals surface area contributed by atoms with Crippen molar-refractivity contribution in [3.63, 3.8) is 0 Å². The van der Waals surface area contributed by atoms with Crippen molar-refractivity contribution in [3.05, 3.63) is 0 Å². The Balaban J connectivity index is 1.86. The van der Waals surface area contributed by atoms with Crippen LogP contribution >= 0.6 is 0 Å². The smallest absolute Gasteiger partial charge is 0.225 e. The van der Waals surface area contributed by atoms with Gasteiger partial charge in [-0.2, -0.15) is 0 Å². The molecule has 2 aliphatic rings. The Morgan fingerprint density at radius 2 is 1.88 bits per heavy atom. The van der Waals surface area contributed by atoms with Crippen LogP contribution in [0.15, 0.2) is 0 Å². The van der Waals surface area contributed by atoms with Gasteiger partial charge in [0.2, 0.25) is 5.91 Å². The Morgan fingerprint density at radius 1 is 1.24 bits per heavy atom. The fourth-order valence-corrected chi connectivity index (χ4v) is 3.35. The maximum atomic E-state index is 12.4. The zero-order valence-electron chi connectivity index (χ0n) is 11.1. The summed E-state index contributed by atoms with van der Waals surface area (Å²) in [5.41, 5.74) is 0. The lowest BCUT2D eigenvalue weighted by atomic mass is 9.90. The molecule has 2 rings (SSSR count). The van der Waals surface area contributed by atoms with Crippen LogP contribution in [0.25, 0.3) is 0 Å². The summed E-state index contributed by atoms with van der Waals surface area (Å²) in [6.07, 6.45) is 5.20. The average Bonchev–Trinajstić information content (AvgIpc) is 2.74. The first-order chi connectivity index (χ1) is 8.09. The summed E-state index contributed by atoms with van der Waals surface area (Å²) >= 11 is 0. The maximum absolute atomic E-state index is 12.4. The van der Waals surface area contributed by atoms with Crippen molar-refractivity contribution in [2.24, 2.45) is 17.8 Å². The number of aliphatic hydroxyl groups excluding tert-OH is 1. The summed E-state index contributed by atoms with van der Waals surface area (Å²) < 4.78 is 0. The van der Waals surface area contributed by atoms with E-state index in [0.29, 0.717) is 17.7 Å². The van der Waals surface area contributed by atoms with Gasteiger partial charge in [0.1, 0.15) is 0 Å². The third-order valence-corrected chi connectivity index (χ3v) is 4.71. The van der Waals surface area contributed by atoms with Crippen LogP contribution in [0.5, 0.6) is 0 Å². The van der Waals surface area contributed by atoms with Gasteiger partial charge in [-0.3, -0.25) is 4.79 Å². The van der Waals surface area contributed by atoms with E-state index in [4.69, 9.17) is 0 Å². The summed E-state index contributed by atoms with van der Waals surface area (Å²) in [6, 6.07) is 0. The van der Waals surface area contributed by atoms with E-state index in [9.17, 15) is 9.90 Å². The molecule has 17 heavy (non-hydrogen) atoms. The molecule has 3 unspecified atom stereocenters. The first-order valence-electron chi connectivity index (χ1n) is 7.06. The molecule has 3 heteroatoms. The van der Waals surface area contributed by atoms with Gasteiger partial charge in [-0.1, -0.05) is 13.3 Å². The van der Waals surface area contributed by atoms with E-state index in [1.54, 1.807) is 0 Å². The SMILES string of the molecule is CC(O)C1CCN(C(=O)C2CCCC2C)CC1. The normalized spacial score (nSPS) is 32.8. The van der Waals surface area contributed by atoms with Crippen molar-refractivity contribution in [2.75, 3.05) is 13.1 Å². The van der Waals surface area contributed by atoms with Crippen LogP contribution in [0.2, 0.25) is 0 Å². The van der Waals surface area contributed by atoms with Gasteiger partial charge in [0, 0.05) is 19.0 Å². The minimum Gasteiger partial charge on any atom is -0.393 e. The Morgan fingerprint density at radius 3 is 2.35 bits per heavy atom. The lowest BCUT2D eigenvalue weighted by Gasteiger charge is -2.35. The largest absolute Gasteiger partial charge is 0.393 e. The number of hydrogen-bond donors (Lipinski definition) is 1. The number of hydrogen-bond acceptors (Lipinski definition) is 2. The second-order valence-corrected chi connectivity index (χ2v) is 5.92. The van der Waals surface area contributed by atoms with E-state index in [-0.39, 0.29) is 12.0 Å². The first-order valence-corrected chi connectivity index (χ1v) is 7.06. The van der Waals surface area contributed by atoms with Crippen molar-refractivity contribution in [3.8, 4) is 0 Å². The van der Waals surface area contributed by atoms with Gasteiger partial charge in [0.25, 0.3) is 0 Å². The standard InChI is InChI=1S/C14H25NO2/c1-10-4-3-5-13(10)14(17)15-8-6-12(7-9-15)11(2)16/h10-13,16H,3-9H2,1-2H3. The number of rotatable bonds is 2. The fraction of sp³-hybridized carbons (Fsp3) is 0.929. The molecule has 0 aromatic carbocycles. The van der Waals surface area contributed by atoms with Crippen LogP contribution in [0.3, 0.4) is 0 Å². The van der Waals surface area contributed by atoms with Gasteiger partial charge >= 0.3 is 0 Å². The highest BCUT2D eigenvalue weighted by Gasteiger charge is 2.34. The predicted octanol–water partition coefficient (Wildman–Crippen LogP) is 2.04. The average molecular weight is 239 g/mol. The lowest BCUT2D eigenvalue weighted by Crippen LogP contribution is -2.44. The topological polar surface area (TPSA) is 40.5 Å². The van der Waals surface area contributed by atoms with Gasteiger partial charge < -0.3 is 10.0 Å². The Labute approximate surface area is 104 Å². The third-order valence-electron chi connectivity index (χ3n) is 4.71. The summed E-state index contributed by atoms with van der Waals surface area (Å²) in [5, 5.41) is 9.55. The van der Waals surface area contributed by atoms with Crippen LogP contribution < -0.4 is 0 Å². The second kappa shape index (κ2) is 5.38. The van der Waals surface area contributed by atoms with Crippen molar-refractivity contribution in [2.45, 2.75) is 52.1 Å². The number of nitrogens with zero attached hydrogens (tertiary/aromatic N) is 1. The van der Waals surface area contributed by atoms with Gasteiger partial charge in [0.05, 0.1) is 6.10 Å². The molecule has 0 aromatic rings. The number of amides is 1. The van der Waals surface area contributed by atoms with E-state index in [0.717, 1.165) is 32.4 Å². The monoisotopic (exact) mass is 239 g/mol.